The number of aromatic nitrogens is 3. The third-order valence-electron chi connectivity index (χ3n) is 3.84. The first kappa shape index (κ1) is 15.0. The third kappa shape index (κ3) is 2.60. The Balaban J connectivity index is 1.85. The van der Waals surface area contributed by atoms with Crippen LogP contribution in [-0.4, -0.2) is 14.8 Å². The van der Waals surface area contributed by atoms with Gasteiger partial charge in [0.25, 0.3) is 0 Å². The Morgan fingerprint density at radius 2 is 1.88 bits per heavy atom. The summed E-state index contributed by atoms with van der Waals surface area (Å²) in [6, 6.07) is 10.4. The van der Waals surface area contributed by atoms with Crippen molar-refractivity contribution in [3.05, 3.63) is 82.1 Å². The Hall–Kier alpha value is -2.54. The van der Waals surface area contributed by atoms with E-state index in [1.807, 2.05) is 6.08 Å². The van der Waals surface area contributed by atoms with Crippen LogP contribution in [0.1, 0.15) is 17.2 Å². The molecule has 1 aliphatic heterocycles. The number of hydrogen-bond acceptors (Lipinski definition) is 3. The highest BCUT2D eigenvalue weighted by Crippen LogP contribution is 2.34. The zero-order valence-corrected chi connectivity index (χ0v) is 13.8. The molecule has 4 nitrogen and oxygen atoms in total. The highest BCUT2D eigenvalue weighted by atomic mass is 79.9. The summed E-state index contributed by atoms with van der Waals surface area (Å²) >= 11 is 3.37. The summed E-state index contributed by atoms with van der Waals surface area (Å²) in [5.41, 5.74) is 1.98. The minimum Gasteiger partial charge on any atom is -0.324 e. The van der Waals surface area contributed by atoms with E-state index < -0.39 is 6.04 Å². The number of halogens is 3. The second kappa shape index (κ2) is 5.83. The molecule has 0 spiro atoms. The smallest absolute Gasteiger partial charge is 0.226 e. The summed E-state index contributed by atoms with van der Waals surface area (Å²) in [6.45, 7) is 0. The molecule has 2 heterocycles. The first-order valence-corrected chi connectivity index (χ1v) is 8.00. The largest absolute Gasteiger partial charge is 0.324 e. The Morgan fingerprint density at radius 3 is 2.67 bits per heavy atom. The van der Waals surface area contributed by atoms with Crippen LogP contribution in [0.5, 0.6) is 0 Å². The van der Waals surface area contributed by atoms with Gasteiger partial charge in [-0.05, 0) is 54.1 Å². The van der Waals surface area contributed by atoms with Gasteiger partial charge >= 0.3 is 0 Å². The summed E-state index contributed by atoms with van der Waals surface area (Å²) in [5, 5.41) is 7.32. The van der Waals surface area contributed by atoms with Gasteiger partial charge in [-0.2, -0.15) is 10.1 Å². The fourth-order valence-corrected chi connectivity index (χ4v) is 3.07. The number of anilines is 1. The maximum atomic E-state index is 14.4. The SMILES string of the molecule is Fc1ccc(C2=CC(c3cc(Br)ccc3F)n3ncnc3N2)cc1. The molecule has 1 atom stereocenters. The number of benzene rings is 2. The standard InChI is InChI=1S/C17H11BrF2N4/c18-11-3-6-14(20)13(7-11)16-8-15(10-1-4-12(19)5-2-10)23-17-21-9-22-24(16)17/h1-9,16H,(H,21,22,23). The minimum absolute atomic E-state index is 0.312. The lowest BCUT2D eigenvalue weighted by molar-refractivity contribution is 0.551. The average molecular weight is 389 g/mol. The lowest BCUT2D eigenvalue weighted by atomic mass is 10.0. The predicted molar refractivity (Wildman–Crippen MR) is 90.3 cm³/mol. The van der Waals surface area contributed by atoms with Gasteiger partial charge in [0.05, 0.1) is 0 Å². The van der Waals surface area contributed by atoms with Crippen LogP contribution in [0.25, 0.3) is 5.70 Å². The summed E-state index contributed by atoms with van der Waals surface area (Å²) in [7, 11) is 0. The molecular formula is C17H11BrF2N4. The molecule has 0 fully saturated rings. The highest BCUT2D eigenvalue weighted by molar-refractivity contribution is 9.10. The van der Waals surface area contributed by atoms with E-state index in [4.69, 9.17) is 0 Å². The molecule has 0 radical (unpaired) electrons. The van der Waals surface area contributed by atoms with Gasteiger partial charge in [0.2, 0.25) is 5.95 Å². The molecule has 2 aromatic carbocycles. The number of rotatable bonds is 2. The lowest BCUT2D eigenvalue weighted by Gasteiger charge is -2.24. The Labute approximate surface area is 145 Å². The van der Waals surface area contributed by atoms with Crippen molar-refractivity contribution in [3.8, 4) is 0 Å². The molecule has 24 heavy (non-hydrogen) atoms. The maximum Gasteiger partial charge on any atom is 0.226 e. The van der Waals surface area contributed by atoms with Gasteiger partial charge in [-0.25, -0.2) is 13.5 Å². The van der Waals surface area contributed by atoms with E-state index in [2.05, 4.69) is 31.3 Å². The molecule has 0 saturated heterocycles. The van der Waals surface area contributed by atoms with Gasteiger partial charge in [0.1, 0.15) is 24.0 Å². The molecule has 0 saturated carbocycles. The predicted octanol–water partition coefficient (Wildman–Crippen LogP) is 4.37. The second-order valence-corrected chi connectivity index (χ2v) is 6.27. The van der Waals surface area contributed by atoms with Crippen molar-refractivity contribution in [1.82, 2.24) is 14.8 Å². The molecular weight excluding hydrogens is 378 g/mol. The first-order chi connectivity index (χ1) is 11.6. The van der Waals surface area contributed by atoms with Crippen LogP contribution in [0.2, 0.25) is 0 Å². The number of hydrogen-bond donors (Lipinski definition) is 1. The molecule has 1 unspecified atom stereocenters. The molecule has 0 aliphatic carbocycles. The lowest BCUT2D eigenvalue weighted by Crippen LogP contribution is -2.21. The monoisotopic (exact) mass is 388 g/mol. The van der Waals surface area contributed by atoms with Crippen LogP contribution in [0.3, 0.4) is 0 Å². The van der Waals surface area contributed by atoms with E-state index in [1.165, 1.54) is 24.5 Å². The van der Waals surface area contributed by atoms with Gasteiger partial charge in [0, 0.05) is 15.7 Å². The number of nitrogens with zero attached hydrogens (tertiary/aromatic N) is 3. The van der Waals surface area contributed by atoms with Crippen molar-refractivity contribution in [2.45, 2.75) is 6.04 Å². The van der Waals surface area contributed by atoms with Crippen LogP contribution >= 0.6 is 15.9 Å². The van der Waals surface area contributed by atoms with Gasteiger partial charge in [-0.15, -0.1) is 0 Å². The minimum atomic E-state index is -0.457. The van der Waals surface area contributed by atoms with E-state index in [9.17, 15) is 8.78 Å². The summed E-state index contributed by atoms with van der Waals surface area (Å²) in [5.74, 6) is -0.143. The van der Waals surface area contributed by atoms with Crippen molar-refractivity contribution < 1.29 is 8.78 Å². The molecule has 0 bridgehead atoms. The molecule has 1 N–H and O–H groups in total. The number of fused-ring (bicyclic) bond motifs is 1. The fraction of sp³-hybridized carbons (Fsp3) is 0.0588. The maximum absolute atomic E-state index is 14.4. The second-order valence-electron chi connectivity index (χ2n) is 5.35. The molecule has 3 aromatic rings. The summed E-state index contributed by atoms with van der Waals surface area (Å²) < 4.78 is 29.9. The van der Waals surface area contributed by atoms with Crippen LogP contribution in [-0.2, 0) is 0 Å². The fourth-order valence-electron chi connectivity index (χ4n) is 2.69. The number of allylic oxidation sites excluding steroid dienone is 1. The zero-order chi connectivity index (χ0) is 16.7. The van der Waals surface area contributed by atoms with E-state index >= 15 is 0 Å². The quantitative estimate of drug-likeness (QED) is 0.708. The topological polar surface area (TPSA) is 42.7 Å². The Bertz CT molecular complexity index is 934. The van der Waals surface area contributed by atoms with Crippen molar-refractivity contribution in [1.29, 1.82) is 0 Å². The molecule has 0 amide bonds. The van der Waals surface area contributed by atoms with Gasteiger partial charge < -0.3 is 5.32 Å². The summed E-state index contributed by atoms with van der Waals surface area (Å²) in [4.78, 5) is 4.17. The highest BCUT2D eigenvalue weighted by Gasteiger charge is 2.25. The third-order valence-corrected chi connectivity index (χ3v) is 4.33. The van der Waals surface area contributed by atoms with E-state index in [0.717, 1.165) is 15.7 Å². The Morgan fingerprint density at radius 1 is 1.08 bits per heavy atom. The molecule has 1 aromatic heterocycles. The van der Waals surface area contributed by atoms with Crippen LogP contribution in [0.15, 0.2) is 59.3 Å². The van der Waals surface area contributed by atoms with Crippen LogP contribution < -0.4 is 5.32 Å². The molecule has 7 heteroatoms. The van der Waals surface area contributed by atoms with E-state index in [1.54, 1.807) is 28.9 Å². The van der Waals surface area contributed by atoms with Crippen LogP contribution in [0.4, 0.5) is 14.7 Å². The van der Waals surface area contributed by atoms with Crippen molar-refractivity contribution in [2.24, 2.45) is 0 Å². The number of nitrogens with one attached hydrogen (secondary N) is 1. The van der Waals surface area contributed by atoms with E-state index in [0.29, 0.717) is 11.5 Å². The van der Waals surface area contributed by atoms with Crippen molar-refractivity contribution >= 4 is 27.6 Å². The van der Waals surface area contributed by atoms with Crippen LogP contribution in [0, 0.1) is 11.6 Å². The van der Waals surface area contributed by atoms with Gasteiger partial charge in [-0.1, -0.05) is 15.9 Å². The van der Waals surface area contributed by atoms with Gasteiger partial charge in [-0.3, -0.25) is 0 Å². The van der Waals surface area contributed by atoms with Crippen molar-refractivity contribution in [2.75, 3.05) is 5.32 Å². The van der Waals surface area contributed by atoms with Crippen molar-refractivity contribution in [3.63, 3.8) is 0 Å². The average Bonchev–Trinajstić information content (AvgIpc) is 3.05. The Kier molecular flexibility index (Phi) is 3.65. The molecule has 4 rings (SSSR count). The molecule has 120 valence electrons. The molecule has 1 aliphatic rings. The normalized spacial score (nSPS) is 16.3. The first-order valence-electron chi connectivity index (χ1n) is 7.21. The van der Waals surface area contributed by atoms with Gasteiger partial charge in [0.15, 0.2) is 0 Å². The zero-order valence-electron chi connectivity index (χ0n) is 12.2. The van der Waals surface area contributed by atoms with E-state index in [-0.39, 0.29) is 11.6 Å². The summed E-state index contributed by atoms with van der Waals surface area (Å²) in [6.07, 6.45) is 3.26.